The lowest BCUT2D eigenvalue weighted by molar-refractivity contribution is -0.384. The SMILES string of the molecule is CCN(CC)C(=O)Nc1ccc([N+](=O)[O-])cc1. The summed E-state index contributed by atoms with van der Waals surface area (Å²) in [6, 6.07) is 5.54. The molecule has 0 fully saturated rings. The van der Waals surface area contributed by atoms with Gasteiger partial charge in [-0.3, -0.25) is 10.1 Å². The zero-order valence-electron chi connectivity index (χ0n) is 9.84. The predicted octanol–water partition coefficient (Wildman–Crippen LogP) is 2.47. The lowest BCUT2D eigenvalue weighted by Crippen LogP contribution is -2.34. The Morgan fingerprint density at radius 3 is 2.24 bits per heavy atom. The smallest absolute Gasteiger partial charge is 0.321 e. The third-order valence-corrected chi connectivity index (χ3v) is 2.38. The number of amides is 2. The Morgan fingerprint density at radius 1 is 1.29 bits per heavy atom. The van der Waals surface area contributed by atoms with Gasteiger partial charge in [0, 0.05) is 30.9 Å². The van der Waals surface area contributed by atoms with Crippen molar-refractivity contribution in [2.45, 2.75) is 13.8 Å². The molecule has 0 spiro atoms. The molecule has 0 aliphatic rings. The maximum Gasteiger partial charge on any atom is 0.321 e. The van der Waals surface area contributed by atoms with Gasteiger partial charge in [-0.25, -0.2) is 4.79 Å². The highest BCUT2D eigenvalue weighted by atomic mass is 16.6. The summed E-state index contributed by atoms with van der Waals surface area (Å²) in [5, 5.41) is 13.1. The molecule has 92 valence electrons. The summed E-state index contributed by atoms with van der Waals surface area (Å²) in [7, 11) is 0. The Kier molecular flexibility index (Phi) is 4.45. The van der Waals surface area contributed by atoms with Crippen LogP contribution in [-0.4, -0.2) is 28.9 Å². The topological polar surface area (TPSA) is 75.5 Å². The van der Waals surface area contributed by atoms with Crippen molar-refractivity contribution in [3.63, 3.8) is 0 Å². The number of anilines is 1. The highest BCUT2D eigenvalue weighted by Crippen LogP contribution is 2.15. The minimum Gasteiger partial charge on any atom is -0.325 e. The number of non-ortho nitro benzene ring substituents is 1. The van der Waals surface area contributed by atoms with Crippen LogP contribution in [0.25, 0.3) is 0 Å². The van der Waals surface area contributed by atoms with Crippen LogP contribution in [0.3, 0.4) is 0 Å². The van der Waals surface area contributed by atoms with E-state index in [0.717, 1.165) is 0 Å². The molecule has 0 aliphatic heterocycles. The van der Waals surface area contributed by atoms with E-state index in [1.54, 1.807) is 4.90 Å². The summed E-state index contributed by atoms with van der Waals surface area (Å²) in [5.41, 5.74) is 0.554. The van der Waals surface area contributed by atoms with Crippen molar-refractivity contribution >= 4 is 17.4 Å². The summed E-state index contributed by atoms with van der Waals surface area (Å²) >= 11 is 0. The quantitative estimate of drug-likeness (QED) is 0.645. The molecule has 6 nitrogen and oxygen atoms in total. The van der Waals surface area contributed by atoms with Crippen molar-refractivity contribution in [1.29, 1.82) is 0 Å². The summed E-state index contributed by atoms with van der Waals surface area (Å²) < 4.78 is 0. The first-order valence-corrected chi connectivity index (χ1v) is 5.38. The normalized spacial score (nSPS) is 9.76. The Labute approximate surface area is 99.4 Å². The number of hydrogen-bond donors (Lipinski definition) is 1. The fourth-order valence-electron chi connectivity index (χ4n) is 1.38. The van der Waals surface area contributed by atoms with Gasteiger partial charge in [-0.15, -0.1) is 0 Å². The van der Waals surface area contributed by atoms with Crippen molar-refractivity contribution in [2.24, 2.45) is 0 Å². The lowest BCUT2D eigenvalue weighted by atomic mass is 10.3. The van der Waals surface area contributed by atoms with E-state index >= 15 is 0 Å². The monoisotopic (exact) mass is 237 g/mol. The number of nitro groups is 1. The van der Waals surface area contributed by atoms with Crippen LogP contribution in [0.15, 0.2) is 24.3 Å². The number of rotatable bonds is 4. The fourth-order valence-corrected chi connectivity index (χ4v) is 1.38. The van der Waals surface area contributed by atoms with Crippen LogP contribution in [0.5, 0.6) is 0 Å². The number of nitro benzene ring substituents is 1. The van der Waals surface area contributed by atoms with E-state index in [1.165, 1.54) is 24.3 Å². The van der Waals surface area contributed by atoms with Crippen molar-refractivity contribution in [2.75, 3.05) is 18.4 Å². The number of carbonyl (C=O) groups excluding carboxylic acids is 1. The zero-order chi connectivity index (χ0) is 12.8. The van der Waals surface area contributed by atoms with Gasteiger partial charge in [0.05, 0.1) is 4.92 Å². The first kappa shape index (κ1) is 13.0. The molecule has 0 aromatic heterocycles. The molecule has 0 atom stereocenters. The van der Waals surface area contributed by atoms with Crippen LogP contribution in [0.2, 0.25) is 0 Å². The van der Waals surface area contributed by atoms with Gasteiger partial charge in [-0.05, 0) is 26.0 Å². The number of nitrogens with zero attached hydrogens (tertiary/aromatic N) is 2. The minimum atomic E-state index is -0.476. The number of hydrogen-bond acceptors (Lipinski definition) is 3. The lowest BCUT2D eigenvalue weighted by Gasteiger charge is -2.19. The van der Waals surface area contributed by atoms with Crippen LogP contribution in [-0.2, 0) is 0 Å². The Balaban J connectivity index is 2.69. The number of benzene rings is 1. The standard InChI is InChI=1S/C11H15N3O3/c1-3-13(4-2)11(15)12-9-5-7-10(8-6-9)14(16)17/h5-8H,3-4H2,1-2H3,(H,12,15). The largest absolute Gasteiger partial charge is 0.325 e. The fraction of sp³-hybridized carbons (Fsp3) is 0.364. The molecule has 17 heavy (non-hydrogen) atoms. The second-order valence-electron chi connectivity index (χ2n) is 3.41. The molecular weight excluding hydrogens is 222 g/mol. The van der Waals surface area contributed by atoms with E-state index < -0.39 is 4.92 Å². The average Bonchev–Trinajstić information content (AvgIpc) is 2.31. The molecule has 1 aromatic carbocycles. The van der Waals surface area contributed by atoms with Crippen molar-refractivity contribution in [1.82, 2.24) is 4.90 Å². The van der Waals surface area contributed by atoms with E-state index in [1.807, 2.05) is 13.8 Å². The molecule has 0 aliphatic carbocycles. The third kappa shape index (κ3) is 3.44. The number of nitrogens with one attached hydrogen (secondary N) is 1. The van der Waals surface area contributed by atoms with E-state index in [-0.39, 0.29) is 11.7 Å². The predicted molar refractivity (Wildman–Crippen MR) is 65.0 cm³/mol. The molecule has 0 heterocycles. The maximum absolute atomic E-state index is 11.7. The highest BCUT2D eigenvalue weighted by molar-refractivity contribution is 5.89. The number of carbonyl (C=O) groups is 1. The Bertz CT molecular complexity index is 399. The Morgan fingerprint density at radius 2 is 1.82 bits per heavy atom. The first-order valence-electron chi connectivity index (χ1n) is 5.38. The Hall–Kier alpha value is -2.11. The van der Waals surface area contributed by atoms with Crippen LogP contribution in [0.4, 0.5) is 16.2 Å². The van der Waals surface area contributed by atoms with E-state index in [9.17, 15) is 14.9 Å². The molecule has 0 saturated carbocycles. The molecule has 2 amide bonds. The molecule has 1 rings (SSSR count). The first-order chi connectivity index (χ1) is 8.08. The molecular formula is C11H15N3O3. The number of urea groups is 1. The van der Waals surface area contributed by atoms with Crippen molar-refractivity contribution in [3.8, 4) is 0 Å². The summed E-state index contributed by atoms with van der Waals surface area (Å²) in [4.78, 5) is 23.3. The van der Waals surface area contributed by atoms with Crippen molar-refractivity contribution < 1.29 is 9.72 Å². The van der Waals surface area contributed by atoms with Crippen LogP contribution in [0.1, 0.15) is 13.8 Å². The minimum absolute atomic E-state index is 0.00541. The summed E-state index contributed by atoms with van der Waals surface area (Å²) in [5.74, 6) is 0. The van der Waals surface area contributed by atoms with Gasteiger partial charge in [0.15, 0.2) is 0 Å². The van der Waals surface area contributed by atoms with Gasteiger partial charge in [-0.2, -0.15) is 0 Å². The third-order valence-electron chi connectivity index (χ3n) is 2.38. The molecule has 0 unspecified atom stereocenters. The van der Waals surface area contributed by atoms with Gasteiger partial charge in [0.1, 0.15) is 0 Å². The van der Waals surface area contributed by atoms with Gasteiger partial charge in [0.2, 0.25) is 0 Å². The highest BCUT2D eigenvalue weighted by Gasteiger charge is 2.10. The second-order valence-corrected chi connectivity index (χ2v) is 3.41. The van der Waals surface area contributed by atoms with Gasteiger partial charge < -0.3 is 10.2 Å². The van der Waals surface area contributed by atoms with Crippen LogP contribution in [0, 0.1) is 10.1 Å². The molecule has 0 bridgehead atoms. The average molecular weight is 237 g/mol. The van der Waals surface area contributed by atoms with Crippen LogP contribution < -0.4 is 5.32 Å². The van der Waals surface area contributed by atoms with Gasteiger partial charge >= 0.3 is 6.03 Å². The zero-order valence-corrected chi connectivity index (χ0v) is 9.84. The van der Waals surface area contributed by atoms with Gasteiger partial charge in [-0.1, -0.05) is 0 Å². The summed E-state index contributed by atoms with van der Waals surface area (Å²) in [6.07, 6.45) is 0. The van der Waals surface area contributed by atoms with E-state index in [2.05, 4.69) is 5.32 Å². The van der Waals surface area contributed by atoms with E-state index in [0.29, 0.717) is 18.8 Å². The van der Waals surface area contributed by atoms with Gasteiger partial charge in [0.25, 0.3) is 5.69 Å². The van der Waals surface area contributed by atoms with Crippen LogP contribution >= 0.6 is 0 Å². The van der Waals surface area contributed by atoms with Crippen molar-refractivity contribution in [3.05, 3.63) is 34.4 Å². The molecule has 0 radical (unpaired) electrons. The maximum atomic E-state index is 11.7. The summed E-state index contributed by atoms with van der Waals surface area (Å²) in [6.45, 7) is 5.02. The molecule has 0 saturated heterocycles. The van der Waals surface area contributed by atoms with E-state index in [4.69, 9.17) is 0 Å². The molecule has 1 N–H and O–H groups in total. The molecule has 6 heteroatoms. The molecule has 1 aromatic rings. The second kappa shape index (κ2) is 5.83.